The Bertz CT molecular complexity index is 1100. The second-order valence-electron chi connectivity index (χ2n) is 8.65. The maximum Gasteiger partial charge on any atom is 0.323 e. The summed E-state index contributed by atoms with van der Waals surface area (Å²) in [6.45, 7) is 9.74. The maximum absolute atomic E-state index is 13.4. The molecule has 0 aliphatic carbocycles. The third-order valence-corrected chi connectivity index (χ3v) is 8.20. The number of nitrogens with one attached hydrogen (secondary N) is 1. The number of nitrogens with zero attached hydrogens (tertiary/aromatic N) is 3. The third kappa shape index (κ3) is 7.24. The molecular formula is C27H34N4O2S2. The highest BCUT2D eigenvalue weighted by Crippen LogP contribution is 2.32. The van der Waals surface area contributed by atoms with E-state index in [0.29, 0.717) is 18.2 Å². The van der Waals surface area contributed by atoms with Crippen LogP contribution in [0.1, 0.15) is 31.1 Å². The molecule has 4 rings (SSSR count). The number of rotatable bonds is 10. The minimum absolute atomic E-state index is 0.0858. The van der Waals surface area contributed by atoms with Crippen LogP contribution in [-0.4, -0.2) is 66.8 Å². The van der Waals surface area contributed by atoms with Crippen molar-refractivity contribution in [2.75, 3.05) is 51.3 Å². The minimum Gasteiger partial charge on any atom is -0.379 e. The van der Waals surface area contributed by atoms with Crippen molar-refractivity contribution in [1.29, 1.82) is 0 Å². The van der Waals surface area contributed by atoms with Crippen molar-refractivity contribution < 1.29 is 9.53 Å². The first-order valence-electron chi connectivity index (χ1n) is 12.2. The monoisotopic (exact) mass is 510 g/mol. The number of hydrogen-bond acceptors (Lipinski definition) is 6. The van der Waals surface area contributed by atoms with Gasteiger partial charge >= 0.3 is 6.03 Å². The molecule has 0 bridgehead atoms. The largest absolute Gasteiger partial charge is 0.379 e. The van der Waals surface area contributed by atoms with E-state index < -0.39 is 0 Å². The molecule has 1 saturated heterocycles. The molecule has 186 valence electrons. The Hall–Kier alpha value is -2.52. The lowest BCUT2D eigenvalue weighted by Crippen LogP contribution is -2.44. The molecule has 1 aliphatic rings. The predicted molar refractivity (Wildman–Crippen MR) is 148 cm³/mol. The van der Waals surface area contributed by atoms with Gasteiger partial charge in [-0.15, -0.1) is 11.3 Å². The topological polar surface area (TPSA) is 57.7 Å². The summed E-state index contributed by atoms with van der Waals surface area (Å²) < 4.78 is 6.56. The molecule has 1 N–H and O–H groups in total. The van der Waals surface area contributed by atoms with Gasteiger partial charge in [-0.3, -0.25) is 10.2 Å². The van der Waals surface area contributed by atoms with Crippen LogP contribution in [0.2, 0.25) is 0 Å². The Labute approximate surface area is 215 Å². The zero-order valence-corrected chi connectivity index (χ0v) is 22.1. The summed E-state index contributed by atoms with van der Waals surface area (Å²) in [5.41, 5.74) is 2.22. The van der Waals surface area contributed by atoms with Gasteiger partial charge in [-0.1, -0.05) is 53.3 Å². The van der Waals surface area contributed by atoms with Crippen LogP contribution in [0.5, 0.6) is 0 Å². The van der Waals surface area contributed by atoms with Crippen molar-refractivity contribution in [2.24, 2.45) is 0 Å². The molecule has 2 amide bonds. The van der Waals surface area contributed by atoms with Crippen molar-refractivity contribution in [3.05, 3.63) is 70.5 Å². The summed E-state index contributed by atoms with van der Waals surface area (Å²) in [7, 11) is 0. The van der Waals surface area contributed by atoms with E-state index in [1.54, 1.807) is 11.3 Å². The van der Waals surface area contributed by atoms with Crippen LogP contribution in [-0.2, 0) is 4.74 Å². The van der Waals surface area contributed by atoms with Crippen LogP contribution in [0, 0.1) is 0 Å². The average Bonchev–Trinajstić information content (AvgIpc) is 3.55. The van der Waals surface area contributed by atoms with Crippen molar-refractivity contribution in [3.8, 4) is 0 Å². The van der Waals surface area contributed by atoms with E-state index in [9.17, 15) is 4.79 Å². The number of thiazole rings is 1. The Morgan fingerprint density at radius 3 is 2.80 bits per heavy atom. The number of benzene rings is 1. The van der Waals surface area contributed by atoms with E-state index in [0.717, 1.165) is 49.5 Å². The summed E-state index contributed by atoms with van der Waals surface area (Å²) in [4.78, 5) is 23.7. The number of aromatic nitrogens is 1. The number of anilines is 1. The molecule has 1 aliphatic heterocycles. The normalized spacial score (nSPS) is 16.1. The fourth-order valence-electron chi connectivity index (χ4n) is 4.23. The summed E-state index contributed by atoms with van der Waals surface area (Å²) in [6.07, 6.45) is 7.20. The van der Waals surface area contributed by atoms with E-state index in [1.165, 1.54) is 21.8 Å². The highest BCUT2D eigenvalue weighted by Gasteiger charge is 2.21. The van der Waals surface area contributed by atoms with Crippen LogP contribution >= 0.6 is 22.7 Å². The third-order valence-electron chi connectivity index (χ3n) is 6.26. The van der Waals surface area contributed by atoms with Gasteiger partial charge in [0.25, 0.3) is 0 Å². The van der Waals surface area contributed by atoms with E-state index >= 15 is 0 Å². The van der Waals surface area contributed by atoms with Crippen LogP contribution in [0.25, 0.3) is 10.2 Å². The molecule has 0 spiro atoms. The van der Waals surface area contributed by atoms with E-state index in [4.69, 9.17) is 4.74 Å². The van der Waals surface area contributed by atoms with Crippen LogP contribution in [0.4, 0.5) is 9.93 Å². The van der Waals surface area contributed by atoms with Gasteiger partial charge in [0.2, 0.25) is 0 Å². The zero-order chi connectivity index (χ0) is 24.5. The van der Waals surface area contributed by atoms with Gasteiger partial charge in [0.15, 0.2) is 5.13 Å². The Kier molecular flexibility index (Phi) is 9.48. The average molecular weight is 511 g/mol. The van der Waals surface area contributed by atoms with Gasteiger partial charge in [0, 0.05) is 43.5 Å². The van der Waals surface area contributed by atoms with Crippen LogP contribution < -0.4 is 5.32 Å². The number of thiophene rings is 1. The molecule has 6 nitrogen and oxygen atoms in total. The number of carbonyl (C=O) groups is 1. The number of amides is 2. The van der Waals surface area contributed by atoms with Gasteiger partial charge in [-0.05, 0) is 43.8 Å². The fourth-order valence-corrected chi connectivity index (χ4v) is 6.03. The number of morpholine rings is 1. The number of allylic oxidation sites excluding steroid dienone is 4. The van der Waals surface area contributed by atoms with Crippen molar-refractivity contribution in [3.63, 3.8) is 0 Å². The first-order chi connectivity index (χ1) is 17.1. The quantitative estimate of drug-likeness (QED) is 0.329. The maximum atomic E-state index is 13.4. The highest BCUT2D eigenvalue weighted by molar-refractivity contribution is 7.22. The molecule has 1 atom stereocenters. The molecule has 0 radical (unpaired) electrons. The predicted octanol–water partition coefficient (Wildman–Crippen LogP) is 6.22. The molecule has 3 heterocycles. The summed E-state index contributed by atoms with van der Waals surface area (Å²) in [5.74, 6) is 0.285. The van der Waals surface area contributed by atoms with Crippen molar-refractivity contribution in [1.82, 2.24) is 14.8 Å². The standard InChI is InChI=1S/C27H34N4O2S2/c1-3-4-8-21(2)22(24-11-7-20-34-24)12-13-31(15-14-30-16-18-33-19-17-30)27(32)29-26-28-23-9-5-6-10-25(23)35-26/h3-11,20,22H,12-19H2,1-2H3,(H,28,29,32)/b4-3-,21-8+. The van der Waals surface area contributed by atoms with Gasteiger partial charge in [-0.2, -0.15) is 0 Å². The number of carbonyl (C=O) groups excluding carboxylic acids is 1. The van der Waals surface area contributed by atoms with Gasteiger partial charge in [0.1, 0.15) is 0 Å². The summed E-state index contributed by atoms with van der Waals surface area (Å²) in [5, 5.41) is 5.84. The van der Waals surface area contributed by atoms with E-state index in [1.807, 2.05) is 36.1 Å². The number of para-hydroxylation sites is 1. The zero-order valence-electron chi connectivity index (χ0n) is 20.5. The van der Waals surface area contributed by atoms with Crippen LogP contribution in [0.15, 0.2) is 65.6 Å². The summed E-state index contributed by atoms with van der Waals surface area (Å²) in [6, 6.07) is 12.2. The number of hydrogen-bond donors (Lipinski definition) is 1. The van der Waals surface area contributed by atoms with Crippen molar-refractivity contribution in [2.45, 2.75) is 26.2 Å². The Morgan fingerprint density at radius 2 is 2.06 bits per heavy atom. The minimum atomic E-state index is -0.0858. The second kappa shape index (κ2) is 13.0. The Balaban J connectivity index is 1.47. The molecule has 1 fully saturated rings. The smallest absolute Gasteiger partial charge is 0.323 e. The number of ether oxygens (including phenoxy) is 1. The van der Waals surface area contributed by atoms with Crippen molar-refractivity contribution >= 4 is 44.1 Å². The molecule has 3 aromatic rings. The molecule has 35 heavy (non-hydrogen) atoms. The lowest BCUT2D eigenvalue weighted by atomic mass is 9.94. The first-order valence-corrected chi connectivity index (χ1v) is 13.9. The van der Waals surface area contributed by atoms with Gasteiger partial charge < -0.3 is 9.64 Å². The van der Waals surface area contributed by atoms with Gasteiger partial charge in [-0.25, -0.2) is 9.78 Å². The molecular weight excluding hydrogens is 476 g/mol. The van der Waals surface area contributed by atoms with Gasteiger partial charge in [0.05, 0.1) is 23.4 Å². The lowest BCUT2D eigenvalue weighted by molar-refractivity contribution is 0.0351. The first kappa shape index (κ1) is 25.6. The molecule has 0 saturated carbocycles. The van der Waals surface area contributed by atoms with E-state index in [-0.39, 0.29) is 11.9 Å². The van der Waals surface area contributed by atoms with Crippen LogP contribution in [0.3, 0.4) is 0 Å². The summed E-state index contributed by atoms with van der Waals surface area (Å²) >= 11 is 3.29. The molecule has 2 aromatic heterocycles. The van der Waals surface area contributed by atoms with E-state index in [2.05, 4.69) is 57.9 Å². The fraction of sp³-hybridized carbons (Fsp3) is 0.407. The second-order valence-corrected chi connectivity index (χ2v) is 10.7. The Morgan fingerprint density at radius 1 is 1.23 bits per heavy atom. The molecule has 1 aromatic carbocycles. The molecule has 1 unspecified atom stereocenters. The lowest BCUT2D eigenvalue weighted by Gasteiger charge is -2.30. The number of fused-ring (bicyclic) bond motifs is 1. The number of urea groups is 1. The molecule has 8 heteroatoms. The highest BCUT2D eigenvalue weighted by atomic mass is 32.1. The SMILES string of the molecule is C/C=C\C=C(/C)C(CCN(CCN1CCOCC1)C(=O)Nc1nc2ccccc2s1)c1cccs1.